The quantitative estimate of drug-likeness (QED) is 0.738. The summed E-state index contributed by atoms with van der Waals surface area (Å²) in [6, 6.07) is 5.87. The fourth-order valence-corrected chi connectivity index (χ4v) is 2.12. The summed E-state index contributed by atoms with van der Waals surface area (Å²) in [5.41, 5.74) is 9.00. The second-order valence-corrected chi connectivity index (χ2v) is 3.97. The van der Waals surface area contributed by atoms with Gasteiger partial charge in [-0.2, -0.15) is 0 Å². The molecule has 0 saturated carbocycles. The molecule has 0 spiro atoms. The van der Waals surface area contributed by atoms with Gasteiger partial charge in [0.25, 0.3) is 0 Å². The summed E-state index contributed by atoms with van der Waals surface area (Å²) >= 11 is 0. The molecule has 0 fully saturated rings. The van der Waals surface area contributed by atoms with Gasteiger partial charge in [0, 0.05) is 30.0 Å². The fourth-order valence-electron chi connectivity index (χ4n) is 2.12. The zero-order chi connectivity index (χ0) is 11.5. The van der Waals surface area contributed by atoms with Crippen molar-refractivity contribution in [2.24, 2.45) is 0 Å². The molecule has 0 radical (unpaired) electrons. The minimum absolute atomic E-state index is 0.0674. The molecule has 0 bridgehead atoms. The minimum atomic E-state index is 0.0674. The largest absolute Gasteiger partial charge is 0.398 e. The molecule has 1 amide bonds. The smallest absolute Gasteiger partial charge is 0.239 e. The van der Waals surface area contributed by atoms with Crippen molar-refractivity contribution in [3.8, 4) is 0 Å². The molecule has 1 aliphatic rings. The van der Waals surface area contributed by atoms with Crippen molar-refractivity contribution in [2.45, 2.75) is 13.3 Å². The molecule has 0 aliphatic carbocycles. The highest BCUT2D eigenvalue weighted by Crippen LogP contribution is 2.31. The molecule has 86 valence electrons. The summed E-state index contributed by atoms with van der Waals surface area (Å²) in [6.45, 7) is 3.90. The summed E-state index contributed by atoms with van der Waals surface area (Å²) < 4.78 is 0. The Bertz CT molecular complexity index is 403. The van der Waals surface area contributed by atoms with Crippen LogP contribution in [-0.2, 0) is 11.2 Å². The van der Waals surface area contributed by atoms with Crippen LogP contribution in [0.4, 0.5) is 11.4 Å². The Morgan fingerprint density at radius 2 is 2.38 bits per heavy atom. The number of rotatable bonds is 3. The average molecular weight is 219 g/mol. The molecule has 1 heterocycles. The van der Waals surface area contributed by atoms with E-state index in [0.717, 1.165) is 24.3 Å². The lowest BCUT2D eigenvalue weighted by Gasteiger charge is -2.18. The van der Waals surface area contributed by atoms with Crippen molar-refractivity contribution < 1.29 is 4.79 Å². The van der Waals surface area contributed by atoms with E-state index in [2.05, 4.69) is 10.2 Å². The number of fused-ring (bicyclic) bond motifs is 1. The molecule has 1 aromatic rings. The van der Waals surface area contributed by atoms with Gasteiger partial charge in [0.15, 0.2) is 0 Å². The standard InChI is InChI=1S/C12H17N3O/c1-2-14-12(16)8-15-7-6-9-10(13)4-3-5-11(9)15/h3-5H,2,6-8,13H2,1H3,(H,14,16). The molecule has 0 aromatic heterocycles. The van der Waals surface area contributed by atoms with E-state index in [9.17, 15) is 4.79 Å². The average Bonchev–Trinajstić information content (AvgIpc) is 2.64. The van der Waals surface area contributed by atoms with Gasteiger partial charge in [0.1, 0.15) is 0 Å². The Kier molecular flexibility index (Phi) is 2.99. The first-order valence-corrected chi connectivity index (χ1v) is 5.61. The number of nitrogen functional groups attached to an aromatic ring is 1. The molecule has 0 saturated heterocycles. The van der Waals surface area contributed by atoms with Crippen LogP contribution in [0.1, 0.15) is 12.5 Å². The summed E-state index contributed by atoms with van der Waals surface area (Å²) in [5.74, 6) is 0.0674. The molecular formula is C12H17N3O. The summed E-state index contributed by atoms with van der Waals surface area (Å²) in [7, 11) is 0. The summed E-state index contributed by atoms with van der Waals surface area (Å²) in [4.78, 5) is 13.6. The third kappa shape index (κ3) is 1.96. The lowest BCUT2D eigenvalue weighted by atomic mass is 10.1. The fraction of sp³-hybridized carbons (Fsp3) is 0.417. The molecule has 3 N–H and O–H groups in total. The molecule has 0 atom stereocenters. The number of nitrogens with one attached hydrogen (secondary N) is 1. The third-order valence-electron chi connectivity index (χ3n) is 2.87. The van der Waals surface area contributed by atoms with Crippen molar-refractivity contribution in [2.75, 3.05) is 30.3 Å². The van der Waals surface area contributed by atoms with E-state index in [-0.39, 0.29) is 5.91 Å². The van der Waals surface area contributed by atoms with Crippen molar-refractivity contribution in [1.29, 1.82) is 0 Å². The van der Waals surface area contributed by atoms with Gasteiger partial charge in [-0.3, -0.25) is 4.79 Å². The van der Waals surface area contributed by atoms with E-state index in [4.69, 9.17) is 5.73 Å². The number of amides is 1. The lowest BCUT2D eigenvalue weighted by Crippen LogP contribution is -2.36. The maximum atomic E-state index is 11.5. The second kappa shape index (κ2) is 4.43. The number of nitrogens with zero attached hydrogens (tertiary/aromatic N) is 1. The van der Waals surface area contributed by atoms with Gasteiger partial charge >= 0.3 is 0 Å². The van der Waals surface area contributed by atoms with Crippen LogP contribution < -0.4 is 16.0 Å². The first-order valence-electron chi connectivity index (χ1n) is 5.61. The molecule has 1 aromatic carbocycles. The van der Waals surface area contributed by atoms with Gasteiger partial charge in [-0.25, -0.2) is 0 Å². The van der Waals surface area contributed by atoms with E-state index >= 15 is 0 Å². The van der Waals surface area contributed by atoms with Gasteiger partial charge in [-0.1, -0.05) is 6.07 Å². The number of hydrogen-bond donors (Lipinski definition) is 2. The van der Waals surface area contributed by atoms with Crippen molar-refractivity contribution in [3.63, 3.8) is 0 Å². The minimum Gasteiger partial charge on any atom is -0.398 e. The Morgan fingerprint density at radius 3 is 3.12 bits per heavy atom. The normalized spacial score (nSPS) is 13.7. The van der Waals surface area contributed by atoms with Gasteiger partial charge in [0.05, 0.1) is 6.54 Å². The topological polar surface area (TPSA) is 58.4 Å². The highest BCUT2D eigenvalue weighted by Gasteiger charge is 2.22. The number of likely N-dealkylation sites (N-methyl/N-ethyl adjacent to an activating group) is 1. The van der Waals surface area contributed by atoms with Crippen molar-refractivity contribution >= 4 is 17.3 Å². The molecular weight excluding hydrogens is 202 g/mol. The Morgan fingerprint density at radius 1 is 1.56 bits per heavy atom. The van der Waals surface area contributed by atoms with Crippen LogP contribution in [-0.4, -0.2) is 25.5 Å². The van der Waals surface area contributed by atoms with E-state index in [1.807, 2.05) is 25.1 Å². The van der Waals surface area contributed by atoms with E-state index in [0.29, 0.717) is 13.1 Å². The van der Waals surface area contributed by atoms with E-state index in [1.54, 1.807) is 0 Å². The first-order chi connectivity index (χ1) is 7.72. The number of nitrogens with two attached hydrogens (primary N) is 1. The van der Waals surface area contributed by atoms with Crippen LogP contribution >= 0.6 is 0 Å². The van der Waals surface area contributed by atoms with E-state index in [1.165, 1.54) is 5.56 Å². The van der Waals surface area contributed by atoms with E-state index < -0.39 is 0 Å². The number of carbonyl (C=O) groups excluding carboxylic acids is 1. The third-order valence-corrected chi connectivity index (χ3v) is 2.87. The zero-order valence-electron chi connectivity index (χ0n) is 9.49. The molecule has 1 aliphatic heterocycles. The molecule has 16 heavy (non-hydrogen) atoms. The number of anilines is 2. The Hall–Kier alpha value is -1.71. The van der Waals surface area contributed by atoms with Crippen molar-refractivity contribution in [3.05, 3.63) is 23.8 Å². The predicted octanol–water partition coefficient (Wildman–Crippen LogP) is 0.767. The summed E-state index contributed by atoms with van der Waals surface area (Å²) in [6.07, 6.45) is 0.932. The lowest BCUT2D eigenvalue weighted by molar-refractivity contribution is -0.119. The number of carbonyl (C=O) groups is 1. The number of benzene rings is 1. The Labute approximate surface area is 95.4 Å². The van der Waals surface area contributed by atoms with Crippen LogP contribution in [0, 0.1) is 0 Å². The van der Waals surface area contributed by atoms with Crippen LogP contribution in [0.15, 0.2) is 18.2 Å². The Balaban J connectivity index is 2.12. The molecule has 4 nitrogen and oxygen atoms in total. The van der Waals surface area contributed by atoms with Gasteiger partial charge in [0.2, 0.25) is 5.91 Å². The van der Waals surface area contributed by atoms with Crippen LogP contribution in [0.5, 0.6) is 0 Å². The highest BCUT2D eigenvalue weighted by atomic mass is 16.2. The molecule has 4 heteroatoms. The second-order valence-electron chi connectivity index (χ2n) is 3.97. The molecule has 2 rings (SSSR count). The highest BCUT2D eigenvalue weighted by molar-refractivity contribution is 5.83. The summed E-state index contributed by atoms with van der Waals surface area (Å²) in [5, 5.41) is 2.81. The van der Waals surface area contributed by atoms with Gasteiger partial charge in [-0.15, -0.1) is 0 Å². The SMILES string of the molecule is CCNC(=O)CN1CCc2c(N)cccc21. The zero-order valence-corrected chi connectivity index (χ0v) is 9.49. The maximum Gasteiger partial charge on any atom is 0.239 e. The number of hydrogen-bond acceptors (Lipinski definition) is 3. The monoisotopic (exact) mass is 219 g/mol. The van der Waals surface area contributed by atoms with Crippen molar-refractivity contribution in [1.82, 2.24) is 5.32 Å². The van der Waals surface area contributed by atoms with Gasteiger partial charge in [-0.05, 0) is 25.5 Å². The first kappa shape index (κ1) is 10.8. The van der Waals surface area contributed by atoms with Gasteiger partial charge < -0.3 is 16.0 Å². The van der Waals surface area contributed by atoms with Crippen LogP contribution in [0.3, 0.4) is 0 Å². The predicted molar refractivity (Wildman–Crippen MR) is 65.5 cm³/mol. The van der Waals surface area contributed by atoms with Crippen LogP contribution in [0.2, 0.25) is 0 Å². The molecule has 0 unspecified atom stereocenters. The maximum absolute atomic E-state index is 11.5. The van der Waals surface area contributed by atoms with Crippen LogP contribution in [0.25, 0.3) is 0 Å².